The van der Waals surface area contributed by atoms with E-state index >= 15 is 0 Å². The van der Waals surface area contributed by atoms with Gasteiger partial charge in [-0.25, -0.2) is 0 Å². The van der Waals surface area contributed by atoms with Gasteiger partial charge in [0.15, 0.2) is 0 Å². The molecular formula is C13H20N2O. The molecule has 3 heteroatoms. The third-order valence-corrected chi connectivity index (χ3v) is 2.36. The van der Waals surface area contributed by atoms with E-state index in [1.165, 1.54) is 0 Å². The molecule has 3 N–H and O–H groups in total. The van der Waals surface area contributed by atoms with Crippen LogP contribution >= 0.6 is 0 Å². The molecule has 1 aromatic carbocycles. The topological polar surface area (TPSA) is 55.1 Å². The second kappa shape index (κ2) is 5.12. The molecule has 0 saturated heterocycles. The van der Waals surface area contributed by atoms with Crippen molar-refractivity contribution in [2.24, 2.45) is 11.1 Å². The summed E-state index contributed by atoms with van der Waals surface area (Å²) in [4.78, 5) is 11.7. The number of amides is 1. The average Bonchev–Trinajstić information content (AvgIpc) is 2.25. The molecule has 0 radical (unpaired) electrons. The summed E-state index contributed by atoms with van der Waals surface area (Å²) < 4.78 is 0. The van der Waals surface area contributed by atoms with E-state index in [2.05, 4.69) is 5.32 Å². The number of benzene rings is 1. The summed E-state index contributed by atoms with van der Waals surface area (Å²) >= 11 is 0. The first kappa shape index (κ1) is 12.7. The standard InChI is InChI=1S/C13H20N2O/c1-13(2,3)12(16)15-9-11-6-4-5-10(7-11)8-14/h4-7H,8-9,14H2,1-3H3,(H,15,16). The van der Waals surface area contributed by atoms with Gasteiger partial charge in [-0.15, -0.1) is 0 Å². The Kier molecular flexibility index (Phi) is 4.07. The molecular weight excluding hydrogens is 200 g/mol. The predicted octanol–water partition coefficient (Wildman–Crippen LogP) is 1.81. The van der Waals surface area contributed by atoms with E-state index in [1.54, 1.807) is 0 Å². The van der Waals surface area contributed by atoms with Gasteiger partial charge in [-0.3, -0.25) is 4.79 Å². The molecule has 0 unspecified atom stereocenters. The molecule has 0 saturated carbocycles. The second-order valence-electron chi connectivity index (χ2n) is 4.96. The zero-order valence-corrected chi connectivity index (χ0v) is 10.2. The van der Waals surface area contributed by atoms with Crippen LogP contribution in [0, 0.1) is 5.41 Å². The molecule has 1 amide bonds. The summed E-state index contributed by atoms with van der Waals surface area (Å²) in [5.41, 5.74) is 7.38. The minimum atomic E-state index is -0.342. The number of carbonyl (C=O) groups is 1. The first-order chi connectivity index (χ1) is 7.43. The predicted molar refractivity (Wildman–Crippen MR) is 65.6 cm³/mol. The molecule has 88 valence electrons. The van der Waals surface area contributed by atoms with Gasteiger partial charge in [0.2, 0.25) is 5.91 Å². The molecule has 0 heterocycles. The normalized spacial score (nSPS) is 11.2. The number of hydrogen-bond donors (Lipinski definition) is 2. The maximum atomic E-state index is 11.7. The van der Waals surface area contributed by atoms with Gasteiger partial charge in [0.05, 0.1) is 0 Å². The minimum Gasteiger partial charge on any atom is -0.352 e. The highest BCUT2D eigenvalue weighted by Gasteiger charge is 2.20. The van der Waals surface area contributed by atoms with Gasteiger partial charge in [0.25, 0.3) is 0 Å². The molecule has 3 nitrogen and oxygen atoms in total. The second-order valence-corrected chi connectivity index (χ2v) is 4.96. The summed E-state index contributed by atoms with van der Waals surface area (Å²) in [6.45, 7) is 6.79. The summed E-state index contributed by atoms with van der Waals surface area (Å²) in [5, 5.41) is 2.91. The largest absolute Gasteiger partial charge is 0.352 e. The Balaban J connectivity index is 2.58. The van der Waals surface area contributed by atoms with Crippen LogP contribution in [0.15, 0.2) is 24.3 Å². The van der Waals surface area contributed by atoms with Crippen LogP contribution in [0.4, 0.5) is 0 Å². The van der Waals surface area contributed by atoms with E-state index in [4.69, 9.17) is 5.73 Å². The van der Waals surface area contributed by atoms with Crippen molar-refractivity contribution >= 4 is 5.91 Å². The number of nitrogens with one attached hydrogen (secondary N) is 1. The Bertz CT molecular complexity index is 366. The van der Waals surface area contributed by atoms with Gasteiger partial charge in [-0.05, 0) is 11.1 Å². The van der Waals surface area contributed by atoms with E-state index in [-0.39, 0.29) is 11.3 Å². The molecule has 0 aromatic heterocycles. The van der Waals surface area contributed by atoms with Crippen molar-refractivity contribution in [2.75, 3.05) is 0 Å². The van der Waals surface area contributed by atoms with Crippen LogP contribution < -0.4 is 11.1 Å². The van der Waals surface area contributed by atoms with Crippen molar-refractivity contribution in [3.05, 3.63) is 35.4 Å². The van der Waals surface area contributed by atoms with Crippen molar-refractivity contribution in [1.82, 2.24) is 5.32 Å². The number of rotatable bonds is 3. The number of nitrogens with two attached hydrogens (primary N) is 1. The number of carbonyl (C=O) groups excluding carboxylic acids is 1. The lowest BCUT2D eigenvalue weighted by molar-refractivity contribution is -0.128. The molecule has 0 aliphatic rings. The smallest absolute Gasteiger partial charge is 0.225 e. The molecule has 0 aliphatic heterocycles. The summed E-state index contributed by atoms with van der Waals surface area (Å²) in [7, 11) is 0. The quantitative estimate of drug-likeness (QED) is 0.816. The van der Waals surface area contributed by atoms with Crippen molar-refractivity contribution < 1.29 is 4.79 Å². The van der Waals surface area contributed by atoms with E-state index in [0.29, 0.717) is 13.1 Å². The molecule has 0 atom stereocenters. The Labute approximate surface area is 97.0 Å². The Morgan fingerprint density at radius 1 is 1.31 bits per heavy atom. The highest BCUT2D eigenvalue weighted by molar-refractivity contribution is 5.81. The minimum absolute atomic E-state index is 0.0608. The Morgan fingerprint density at radius 2 is 1.94 bits per heavy atom. The summed E-state index contributed by atoms with van der Waals surface area (Å²) in [6.07, 6.45) is 0. The van der Waals surface area contributed by atoms with Crippen molar-refractivity contribution in [1.29, 1.82) is 0 Å². The summed E-state index contributed by atoms with van der Waals surface area (Å²) in [6, 6.07) is 7.95. The van der Waals surface area contributed by atoms with Crippen LogP contribution in [0.25, 0.3) is 0 Å². The van der Waals surface area contributed by atoms with Crippen LogP contribution in [-0.2, 0) is 17.9 Å². The SMILES string of the molecule is CC(C)(C)C(=O)NCc1cccc(CN)c1. The van der Waals surface area contributed by atoms with E-state index in [9.17, 15) is 4.79 Å². The molecule has 0 spiro atoms. The highest BCUT2D eigenvalue weighted by Crippen LogP contribution is 2.13. The van der Waals surface area contributed by atoms with Gasteiger partial charge in [-0.1, -0.05) is 45.0 Å². The van der Waals surface area contributed by atoms with E-state index < -0.39 is 0 Å². The van der Waals surface area contributed by atoms with Gasteiger partial charge >= 0.3 is 0 Å². The molecule has 1 rings (SSSR count). The summed E-state index contributed by atoms with van der Waals surface area (Å²) in [5.74, 6) is 0.0608. The Hall–Kier alpha value is -1.35. The van der Waals surface area contributed by atoms with Crippen LogP contribution in [0.3, 0.4) is 0 Å². The van der Waals surface area contributed by atoms with Crippen LogP contribution in [-0.4, -0.2) is 5.91 Å². The van der Waals surface area contributed by atoms with E-state index in [1.807, 2.05) is 45.0 Å². The third kappa shape index (κ3) is 3.66. The fourth-order valence-electron chi connectivity index (χ4n) is 1.31. The zero-order valence-electron chi connectivity index (χ0n) is 10.2. The zero-order chi connectivity index (χ0) is 12.2. The molecule has 16 heavy (non-hydrogen) atoms. The fourth-order valence-corrected chi connectivity index (χ4v) is 1.31. The van der Waals surface area contributed by atoms with Crippen molar-refractivity contribution in [3.8, 4) is 0 Å². The lowest BCUT2D eigenvalue weighted by atomic mass is 9.95. The van der Waals surface area contributed by atoms with E-state index in [0.717, 1.165) is 11.1 Å². The lowest BCUT2D eigenvalue weighted by Crippen LogP contribution is -2.34. The molecule has 0 aliphatic carbocycles. The Morgan fingerprint density at radius 3 is 2.50 bits per heavy atom. The maximum absolute atomic E-state index is 11.7. The van der Waals surface area contributed by atoms with Gasteiger partial charge in [0, 0.05) is 18.5 Å². The van der Waals surface area contributed by atoms with Gasteiger partial charge in [-0.2, -0.15) is 0 Å². The molecule has 0 bridgehead atoms. The average molecular weight is 220 g/mol. The first-order valence-corrected chi connectivity index (χ1v) is 5.49. The van der Waals surface area contributed by atoms with Crippen LogP contribution in [0.1, 0.15) is 31.9 Å². The lowest BCUT2D eigenvalue weighted by Gasteiger charge is -2.17. The fraction of sp³-hybridized carbons (Fsp3) is 0.462. The van der Waals surface area contributed by atoms with Crippen LogP contribution in [0.2, 0.25) is 0 Å². The molecule has 1 aromatic rings. The maximum Gasteiger partial charge on any atom is 0.225 e. The first-order valence-electron chi connectivity index (χ1n) is 5.49. The monoisotopic (exact) mass is 220 g/mol. The third-order valence-electron chi connectivity index (χ3n) is 2.36. The van der Waals surface area contributed by atoms with Crippen molar-refractivity contribution in [3.63, 3.8) is 0 Å². The number of hydrogen-bond acceptors (Lipinski definition) is 2. The highest BCUT2D eigenvalue weighted by atomic mass is 16.2. The van der Waals surface area contributed by atoms with Gasteiger partial charge < -0.3 is 11.1 Å². The van der Waals surface area contributed by atoms with Crippen molar-refractivity contribution in [2.45, 2.75) is 33.9 Å². The molecule has 0 fully saturated rings. The van der Waals surface area contributed by atoms with Gasteiger partial charge in [0.1, 0.15) is 0 Å². The van der Waals surface area contributed by atoms with Crippen LogP contribution in [0.5, 0.6) is 0 Å².